The molecule has 96 valence electrons. The van der Waals surface area contributed by atoms with E-state index in [0.717, 1.165) is 24.1 Å². The number of rotatable bonds is 0. The highest BCUT2D eigenvalue weighted by molar-refractivity contribution is 5.77. The SMILES string of the molecule is Cn1oon(C)c2cc3c(cc21)C1CNCC3C1. The van der Waals surface area contributed by atoms with Crippen LogP contribution in [-0.4, -0.2) is 22.6 Å². The van der Waals surface area contributed by atoms with Crippen molar-refractivity contribution in [2.75, 3.05) is 13.1 Å². The summed E-state index contributed by atoms with van der Waals surface area (Å²) in [5, 5.41) is 3.52. The summed E-state index contributed by atoms with van der Waals surface area (Å²) < 4.78 is 13.6. The number of piperidine rings is 1. The van der Waals surface area contributed by atoms with E-state index < -0.39 is 0 Å². The Balaban J connectivity index is 2.06. The van der Waals surface area contributed by atoms with Crippen LogP contribution in [0.15, 0.2) is 21.5 Å². The van der Waals surface area contributed by atoms with Crippen molar-refractivity contribution in [3.8, 4) is 0 Å². The number of nitrogens with one attached hydrogen (secondary N) is 1. The zero-order valence-electron chi connectivity index (χ0n) is 10.6. The molecule has 2 aliphatic rings. The van der Waals surface area contributed by atoms with Crippen LogP contribution in [0, 0.1) is 0 Å². The fraction of sp³-hybridized carbons (Fsp3) is 0.538. The summed E-state index contributed by atoms with van der Waals surface area (Å²) >= 11 is 0. The van der Waals surface area contributed by atoms with E-state index in [2.05, 4.69) is 17.4 Å². The number of aryl methyl sites for hydroxylation is 2. The van der Waals surface area contributed by atoms with E-state index in [-0.39, 0.29) is 0 Å². The van der Waals surface area contributed by atoms with Gasteiger partial charge in [-0.2, -0.15) is 18.8 Å². The van der Waals surface area contributed by atoms with Crippen LogP contribution in [0.4, 0.5) is 0 Å². The second kappa shape index (κ2) is 3.45. The molecule has 1 aliphatic carbocycles. The normalized spacial score (nSPS) is 25.4. The van der Waals surface area contributed by atoms with Crippen molar-refractivity contribution >= 4 is 11.0 Å². The molecule has 2 aromatic rings. The smallest absolute Gasteiger partial charge is 0.106 e. The Labute approximate surface area is 105 Å². The van der Waals surface area contributed by atoms with Crippen LogP contribution >= 0.6 is 0 Å². The summed E-state index contributed by atoms with van der Waals surface area (Å²) in [6.45, 7) is 2.19. The Kier molecular flexibility index (Phi) is 1.97. The van der Waals surface area contributed by atoms with Gasteiger partial charge in [0.15, 0.2) is 0 Å². The molecule has 1 N–H and O–H groups in total. The molecule has 0 saturated carbocycles. The first-order valence-corrected chi connectivity index (χ1v) is 6.45. The second-order valence-corrected chi connectivity index (χ2v) is 5.40. The predicted molar refractivity (Wildman–Crippen MR) is 67.0 cm³/mol. The first-order chi connectivity index (χ1) is 8.74. The average molecular weight is 247 g/mol. The van der Waals surface area contributed by atoms with Crippen molar-refractivity contribution in [2.24, 2.45) is 14.1 Å². The van der Waals surface area contributed by atoms with Crippen molar-refractivity contribution in [3.05, 3.63) is 23.3 Å². The molecule has 4 rings (SSSR count). The first-order valence-electron chi connectivity index (χ1n) is 6.45. The Morgan fingerprint density at radius 1 is 1.00 bits per heavy atom. The molecule has 0 amide bonds. The molecule has 1 saturated heterocycles. The lowest BCUT2D eigenvalue weighted by molar-refractivity contribution is -0.120. The zero-order valence-corrected chi connectivity index (χ0v) is 10.6. The van der Waals surface area contributed by atoms with Crippen LogP contribution in [0.2, 0.25) is 0 Å². The van der Waals surface area contributed by atoms with E-state index in [1.54, 1.807) is 9.48 Å². The van der Waals surface area contributed by atoms with Gasteiger partial charge in [-0.1, -0.05) is 0 Å². The highest BCUT2D eigenvalue weighted by Gasteiger charge is 2.34. The molecule has 0 spiro atoms. The van der Waals surface area contributed by atoms with Crippen molar-refractivity contribution in [3.63, 3.8) is 0 Å². The summed E-state index contributed by atoms with van der Waals surface area (Å²) in [7, 11) is 3.75. The molecular weight excluding hydrogens is 230 g/mol. The minimum absolute atomic E-state index is 0.658. The van der Waals surface area contributed by atoms with Gasteiger partial charge in [0.05, 0.1) is 0 Å². The van der Waals surface area contributed by atoms with Crippen LogP contribution in [0.5, 0.6) is 0 Å². The van der Waals surface area contributed by atoms with E-state index in [9.17, 15) is 0 Å². The minimum atomic E-state index is 0.658. The molecule has 1 aliphatic heterocycles. The quantitative estimate of drug-likeness (QED) is 0.724. The van der Waals surface area contributed by atoms with Gasteiger partial charge >= 0.3 is 0 Å². The molecular formula is C13H17N3O2. The van der Waals surface area contributed by atoms with Gasteiger partial charge in [-0.15, -0.1) is 0 Å². The topological polar surface area (TPSA) is 48.2 Å². The molecule has 1 aromatic heterocycles. The fourth-order valence-corrected chi connectivity index (χ4v) is 3.42. The molecule has 5 nitrogen and oxygen atoms in total. The lowest BCUT2D eigenvalue weighted by Crippen LogP contribution is -2.28. The summed E-state index contributed by atoms with van der Waals surface area (Å²) in [5.41, 5.74) is 5.12. The number of aromatic nitrogens is 2. The zero-order chi connectivity index (χ0) is 12.3. The van der Waals surface area contributed by atoms with Gasteiger partial charge in [0, 0.05) is 27.2 Å². The van der Waals surface area contributed by atoms with Crippen LogP contribution < -0.4 is 5.32 Å². The molecule has 0 radical (unpaired) electrons. The fourth-order valence-electron chi connectivity index (χ4n) is 3.42. The predicted octanol–water partition coefficient (Wildman–Crippen LogP) is 2.00. The van der Waals surface area contributed by atoms with E-state index in [1.807, 2.05) is 14.1 Å². The van der Waals surface area contributed by atoms with Gasteiger partial charge in [0.1, 0.15) is 11.0 Å². The number of hydrogen-bond donors (Lipinski definition) is 1. The largest absolute Gasteiger partial charge is 0.316 e. The molecule has 18 heavy (non-hydrogen) atoms. The van der Waals surface area contributed by atoms with Crippen LogP contribution in [0.1, 0.15) is 29.4 Å². The van der Waals surface area contributed by atoms with Gasteiger partial charge in [-0.3, -0.25) is 0 Å². The standard InChI is InChI=1S/C13H17N3O2/c1-15-12-4-10-8-3-9(7-14-6-8)11(10)5-13(12)16(2)18-17-15/h4-5,8-9,14H,3,6-7H2,1-2H3. The lowest BCUT2D eigenvalue weighted by atomic mass is 9.98. The number of nitrogens with zero attached hydrogens (tertiary/aromatic N) is 2. The number of fused-ring (bicyclic) bond motifs is 6. The summed E-state index contributed by atoms with van der Waals surface area (Å²) in [5.74, 6) is 1.32. The Bertz CT molecular complexity index is 602. The third kappa shape index (κ3) is 1.25. The van der Waals surface area contributed by atoms with Crippen molar-refractivity contribution in [1.82, 2.24) is 14.8 Å². The van der Waals surface area contributed by atoms with Crippen molar-refractivity contribution < 1.29 is 9.36 Å². The summed E-state index contributed by atoms with van der Waals surface area (Å²) in [6.07, 6.45) is 1.28. The molecule has 2 heterocycles. The molecule has 2 unspecified atom stereocenters. The van der Waals surface area contributed by atoms with Crippen molar-refractivity contribution in [2.45, 2.75) is 18.3 Å². The van der Waals surface area contributed by atoms with Gasteiger partial charge < -0.3 is 5.32 Å². The van der Waals surface area contributed by atoms with Gasteiger partial charge in [0.2, 0.25) is 0 Å². The molecule has 1 aromatic carbocycles. The average Bonchev–Trinajstić information content (AvgIpc) is 2.64. The monoisotopic (exact) mass is 247 g/mol. The van der Waals surface area contributed by atoms with Crippen LogP contribution in [0.25, 0.3) is 11.0 Å². The Morgan fingerprint density at radius 2 is 1.50 bits per heavy atom. The third-order valence-electron chi connectivity index (χ3n) is 4.35. The van der Waals surface area contributed by atoms with E-state index in [1.165, 1.54) is 17.5 Å². The minimum Gasteiger partial charge on any atom is -0.316 e. The van der Waals surface area contributed by atoms with Gasteiger partial charge in [-0.05, 0) is 41.5 Å². The maximum absolute atomic E-state index is 5.13. The first kappa shape index (κ1) is 10.3. The summed E-state index contributed by atoms with van der Waals surface area (Å²) in [6, 6.07) is 4.53. The maximum Gasteiger partial charge on any atom is 0.106 e. The molecule has 2 bridgehead atoms. The third-order valence-corrected chi connectivity index (χ3v) is 4.35. The molecule has 1 fully saturated rings. The van der Waals surface area contributed by atoms with Crippen molar-refractivity contribution in [1.29, 1.82) is 0 Å². The number of hydrogen-bond acceptors (Lipinski definition) is 3. The highest BCUT2D eigenvalue weighted by atomic mass is 17.1. The van der Waals surface area contributed by atoms with E-state index in [4.69, 9.17) is 9.36 Å². The van der Waals surface area contributed by atoms with E-state index in [0.29, 0.717) is 11.8 Å². The van der Waals surface area contributed by atoms with Gasteiger partial charge in [0.25, 0.3) is 0 Å². The Hall–Kier alpha value is -1.62. The lowest BCUT2D eigenvalue weighted by Gasteiger charge is -2.19. The Morgan fingerprint density at radius 3 is 2.00 bits per heavy atom. The summed E-state index contributed by atoms with van der Waals surface area (Å²) in [4.78, 5) is 0. The van der Waals surface area contributed by atoms with E-state index >= 15 is 0 Å². The van der Waals surface area contributed by atoms with Crippen LogP contribution in [-0.2, 0) is 14.1 Å². The second-order valence-electron chi connectivity index (χ2n) is 5.40. The van der Waals surface area contributed by atoms with Gasteiger partial charge in [-0.25, -0.2) is 0 Å². The maximum atomic E-state index is 5.13. The van der Waals surface area contributed by atoms with Crippen LogP contribution in [0.3, 0.4) is 0 Å². The molecule has 2 atom stereocenters. The number of benzene rings is 1. The molecule has 5 heteroatoms. The highest BCUT2D eigenvalue weighted by Crippen LogP contribution is 2.44.